The zero-order chi connectivity index (χ0) is 18.9. The Labute approximate surface area is 164 Å². The van der Waals surface area contributed by atoms with Crippen LogP contribution in [-0.2, 0) is 0 Å². The molecule has 2 fully saturated rings. The summed E-state index contributed by atoms with van der Waals surface area (Å²) in [5.74, 6) is 1.96. The van der Waals surface area contributed by atoms with Crippen molar-refractivity contribution in [3.05, 3.63) is 48.2 Å². The third-order valence-electron chi connectivity index (χ3n) is 5.78. The molecule has 28 heavy (non-hydrogen) atoms. The lowest BCUT2D eigenvalue weighted by Gasteiger charge is -2.25. The predicted octanol–water partition coefficient (Wildman–Crippen LogP) is 4.26. The van der Waals surface area contributed by atoms with Gasteiger partial charge in [-0.05, 0) is 80.0 Å². The molecule has 5 nitrogen and oxygen atoms in total. The standard InChI is InChI=1S/C23H25N3O2/c27-20-6-1-7-21(28-14-15-8-9-15)22(20)19-12-18(16-4-2-10-24-13-16)17-5-3-11-25-23(17)26-19/h1,3,5-7,11-12,15-16,24,27H,2,4,8-10,13-14H2. The van der Waals surface area contributed by atoms with E-state index in [1.165, 1.54) is 18.4 Å². The molecule has 3 aromatic rings. The smallest absolute Gasteiger partial charge is 0.160 e. The number of hydrogen-bond donors (Lipinski definition) is 2. The van der Waals surface area contributed by atoms with Crippen LogP contribution in [0.4, 0.5) is 0 Å². The molecule has 5 heteroatoms. The first-order valence-corrected chi connectivity index (χ1v) is 10.2. The average Bonchev–Trinajstić information content (AvgIpc) is 3.57. The third-order valence-corrected chi connectivity index (χ3v) is 5.78. The van der Waals surface area contributed by atoms with Crippen LogP contribution in [0.2, 0.25) is 0 Å². The number of phenolic OH excluding ortho intramolecular Hbond substituents is 1. The van der Waals surface area contributed by atoms with E-state index >= 15 is 0 Å². The van der Waals surface area contributed by atoms with Crippen LogP contribution in [0.5, 0.6) is 11.5 Å². The number of aromatic hydroxyl groups is 1. The number of pyridine rings is 2. The Hall–Kier alpha value is -2.66. The molecule has 1 saturated heterocycles. The van der Waals surface area contributed by atoms with Crippen molar-refractivity contribution in [2.45, 2.75) is 31.6 Å². The van der Waals surface area contributed by atoms with E-state index in [4.69, 9.17) is 9.72 Å². The fraction of sp³-hybridized carbons (Fsp3) is 0.391. The molecule has 2 N–H and O–H groups in total. The van der Waals surface area contributed by atoms with Gasteiger partial charge in [-0.2, -0.15) is 0 Å². The number of nitrogens with one attached hydrogen (secondary N) is 1. The second kappa shape index (κ2) is 7.40. The van der Waals surface area contributed by atoms with Gasteiger partial charge in [0, 0.05) is 18.1 Å². The lowest BCUT2D eigenvalue weighted by Crippen LogP contribution is -2.28. The lowest BCUT2D eigenvalue weighted by atomic mass is 9.89. The SMILES string of the molecule is Oc1cccc(OCC2CC2)c1-c1cc(C2CCCNC2)c2cccnc2n1. The summed E-state index contributed by atoms with van der Waals surface area (Å²) in [7, 11) is 0. The summed E-state index contributed by atoms with van der Waals surface area (Å²) in [6.07, 6.45) is 6.54. The van der Waals surface area contributed by atoms with Crippen LogP contribution in [0, 0.1) is 5.92 Å². The first kappa shape index (κ1) is 17.4. The zero-order valence-electron chi connectivity index (χ0n) is 15.9. The van der Waals surface area contributed by atoms with E-state index in [9.17, 15) is 5.11 Å². The van der Waals surface area contributed by atoms with E-state index in [0.717, 1.165) is 42.7 Å². The monoisotopic (exact) mass is 375 g/mol. The van der Waals surface area contributed by atoms with Crippen LogP contribution in [0.25, 0.3) is 22.3 Å². The number of fused-ring (bicyclic) bond motifs is 1. The molecule has 1 atom stereocenters. The number of nitrogens with zero attached hydrogens (tertiary/aromatic N) is 2. The summed E-state index contributed by atoms with van der Waals surface area (Å²) in [5, 5.41) is 15.2. The van der Waals surface area contributed by atoms with E-state index in [1.54, 1.807) is 12.3 Å². The van der Waals surface area contributed by atoms with Gasteiger partial charge in [0.2, 0.25) is 0 Å². The molecule has 0 radical (unpaired) electrons. The van der Waals surface area contributed by atoms with E-state index in [2.05, 4.69) is 22.4 Å². The summed E-state index contributed by atoms with van der Waals surface area (Å²) < 4.78 is 6.06. The molecule has 144 valence electrons. The predicted molar refractivity (Wildman–Crippen MR) is 110 cm³/mol. The van der Waals surface area contributed by atoms with Crippen molar-refractivity contribution in [3.63, 3.8) is 0 Å². The molecule has 0 bridgehead atoms. The number of hydrogen-bond acceptors (Lipinski definition) is 5. The Morgan fingerprint density at radius 3 is 2.89 bits per heavy atom. The summed E-state index contributed by atoms with van der Waals surface area (Å²) in [6, 6.07) is 11.6. The van der Waals surface area contributed by atoms with Gasteiger partial charge < -0.3 is 15.2 Å². The van der Waals surface area contributed by atoms with Crippen molar-refractivity contribution in [1.29, 1.82) is 0 Å². The van der Waals surface area contributed by atoms with Crippen molar-refractivity contribution in [2.75, 3.05) is 19.7 Å². The van der Waals surface area contributed by atoms with Crippen LogP contribution in [-0.4, -0.2) is 34.8 Å². The summed E-state index contributed by atoms with van der Waals surface area (Å²) >= 11 is 0. The number of benzene rings is 1. The molecule has 2 aromatic heterocycles. The van der Waals surface area contributed by atoms with Crippen molar-refractivity contribution >= 4 is 11.0 Å². The molecule has 5 rings (SSSR count). The third kappa shape index (κ3) is 3.42. The molecule has 1 unspecified atom stereocenters. The number of phenols is 1. The van der Waals surface area contributed by atoms with Gasteiger partial charge in [-0.3, -0.25) is 0 Å². The Bertz CT molecular complexity index is 994. The number of rotatable bonds is 5. The molecular formula is C23H25N3O2. The minimum Gasteiger partial charge on any atom is -0.507 e. The zero-order valence-corrected chi connectivity index (χ0v) is 15.9. The van der Waals surface area contributed by atoms with Crippen molar-refractivity contribution in [1.82, 2.24) is 15.3 Å². The fourth-order valence-corrected chi connectivity index (χ4v) is 4.06. The number of aromatic nitrogens is 2. The van der Waals surface area contributed by atoms with Gasteiger partial charge in [-0.25, -0.2) is 9.97 Å². The summed E-state index contributed by atoms with van der Waals surface area (Å²) in [4.78, 5) is 9.31. The normalized spacial score (nSPS) is 19.6. The Kier molecular flexibility index (Phi) is 4.61. The van der Waals surface area contributed by atoms with Crippen LogP contribution in [0.15, 0.2) is 42.6 Å². The van der Waals surface area contributed by atoms with Gasteiger partial charge in [0.05, 0.1) is 17.9 Å². The maximum Gasteiger partial charge on any atom is 0.160 e. The number of ether oxygens (including phenoxy) is 1. The molecule has 1 aliphatic carbocycles. The highest BCUT2D eigenvalue weighted by Crippen LogP contribution is 2.41. The van der Waals surface area contributed by atoms with Crippen LogP contribution < -0.4 is 10.1 Å². The van der Waals surface area contributed by atoms with Gasteiger partial charge in [-0.1, -0.05) is 6.07 Å². The molecule has 0 spiro atoms. The number of piperidine rings is 1. The molecule has 2 aliphatic rings. The first-order valence-electron chi connectivity index (χ1n) is 10.2. The molecule has 1 aromatic carbocycles. The van der Waals surface area contributed by atoms with Crippen LogP contribution >= 0.6 is 0 Å². The molecule has 1 saturated carbocycles. The highest BCUT2D eigenvalue weighted by molar-refractivity contribution is 5.85. The van der Waals surface area contributed by atoms with Crippen molar-refractivity contribution in [2.24, 2.45) is 5.92 Å². The van der Waals surface area contributed by atoms with Gasteiger partial charge in [0.15, 0.2) is 5.65 Å². The van der Waals surface area contributed by atoms with Crippen molar-refractivity contribution in [3.8, 4) is 22.8 Å². The Balaban J connectivity index is 1.63. The van der Waals surface area contributed by atoms with E-state index in [-0.39, 0.29) is 5.75 Å². The van der Waals surface area contributed by atoms with Gasteiger partial charge >= 0.3 is 0 Å². The summed E-state index contributed by atoms with van der Waals surface area (Å²) in [5.41, 5.74) is 3.37. The molecule has 0 amide bonds. The second-order valence-corrected chi connectivity index (χ2v) is 7.92. The highest BCUT2D eigenvalue weighted by atomic mass is 16.5. The van der Waals surface area contributed by atoms with Gasteiger partial charge in [0.1, 0.15) is 11.5 Å². The van der Waals surface area contributed by atoms with E-state index in [1.807, 2.05) is 18.2 Å². The fourth-order valence-electron chi connectivity index (χ4n) is 4.06. The molecular weight excluding hydrogens is 350 g/mol. The van der Waals surface area contributed by atoms with Crippen molar-refractivity contribution < 1.29 is 9.84 Å². The molecule has 1 aliphatic heterocycles. The van der Waals surface area contributed by atoms with E-state index < -0.39 is 0 Å². The Morgan fingerprint density at radius 1 is 1.14 bits per heavy atom. The largest absolute Gasteiger partial charge is 0.507 e. The lowest BCUT2D eigenvalue weighted by molar-refractivity contribution is 0.299. The van der Waals surface area contributed by atoms with Gasteiger partial charge in [0.25, 0.3) is 0 Å². The second-order valence-electron chi connectivity index (χ2n) is 7.92. The Morgan fingerprint density at radius 2 is 2.07 bits per heavy atom. The maximum absolute atomic E-state index is 10.6. The minimum atomic E-state index is 0.198. The minimum absolute atomic E-state index is 0.198. The van der Waals surface area contributed by atoms with Crippen LogP contribution in [0.1, 0.15) is 37.2 Å². The quantitative estimate of drug-likeness (QED) is 0.697. The highest BCUT2D eigenvalue weighted by Gasteiger charge is 2.24. The van der Waals surface area contributed by atoms with E-state index in [0.29, 0.717) is 29.8 Å². The average molecular weight is 375 g/mol. The first-order chi connectivity index (χ1) is 13.8. The molecule has 3 heterocycles. The maximum atomic E-state index is 10.6. The van der Waals surface area contributed by atoms with Gasteiger partial charge in [-0.15, -0.1) is 0 Å². The summed E-state index contributed by atoms with van der Waals surface area (Å²) in [6.45, 7) is 2.73. The van der Waals surface area contributed by atoms with Crippen LogP contribution in [0.3, 0.4) is 0 Å². The topological polar surface area (TPSA) is 67.3 Å².